The minimum absolute atomic E-state index is 0.131. The van der Waals surface area contributed by atoms with E-state index in [4.69, 9.17) is 0 Å². The van der Waals surface area contributed by atoms with Gasteiger partial charge < -0.3 is 4.74 Å². The number of nitro benzene ring substituents is 1. The van der Waals surface area contributed by atoms with Gasteiger partial charge in [0.1, 0.15) is 5.69 Å². The Bertz CT molecular complexity index is 1010. The number of ether oxygens (including phenoxy) is 1. The number of pyridine rings is 1. The second-order valence-electron chi connectivity index (χ2n) is 5.33. The van der Waals surface area contributed by atoms with Crippen LogP contribution in [0.3, 0.4) is 0 Å². The third kappa shape index (κ3) is 3.23. The summed E-state index contributed by atoms with van der Waals surface area (Å²) in [6.45, 7) is 1.87. The van der Waals surface area contributed by atoms with E-state index in [1.807, 2.05) is 19.1 Å². The van der Waals surface area contributed by atoms with Crippen LogP contribution in [0.5, 0.6) is 0 Å². The number of aryl methyl sites for hydroxylation is 1. The van der Waals surface area contributed by atoms with Gasteiger partial charge in [-0.15, -0.1) is 0 Å². The summed E-state index contributed by atoms with van der Waals surface area (Å²) in [5, 5.41) is 19.1. The van der Waals surface area contributed by atoms with Crippen molar-refractivity contribution in [1.29, 1.82) is 0 Å². The van der Waals surface area contributed by atoms with Gasteiger partial charge in [0.05, 0.1) is 23.1 Å². The fourth-order valence-corrected chi connectivity index (χ4v) is 2.50. The number of carbonyl (C=O) groups excluding carboxylic acids is 1. The van der Waals surface area contributed by atoms with E-state index in [0.29, 0.717) is 16.6 Å². The van der Waals surface area contributed by atoms with E-state index < -0.39 is 10.9 Å². The first-order valence-corrected chi connectivity index (χ1v) is 7.35. The van der Waals surface area contributed by atoms with Gasteiger partial charge in [0.25, 0.3) is 5.69 Å². The number of H-pyrrole nitrogens is 1. The smallest absolute Gasteiger partial charge is 0.330 e. The molecule has 0 radical (unpaired) electrons. The lowest BCUT2D eigenvalue weighted by Gasteiger charge is -2.02. The van der Waals surface area contributed by atoms with Gasteiger partial charge in [-0.25, -0.2) is 4.79 Å². The Kier molecular flexibility index (Phi) is 4.25. The largest absolute Gasteiger partial charge is 0.466 e. The molecule has 126 valence electrons. The average molecular weight is 338 g/mol. The maximum Gasteiger partial charge on any atom is 0.330 e. The zero-order chi connectivity index (χ0) is 18.0. The van der Waals surface area contributed by atoms with Crippen molar-refractivity contribution in [1.82, 2.24) is 15.2 Å². The molecule has 0 atom stereocenters. The number of hydrogen-bond acceptors (Lipinski definition) is 6. The van der Waals surface area contributed by atoms with Crippen molar-refractivity contribution < 1.29 is 14.5 Å². The fourth-order valence-electron chi connectivity index (χ4n) is 2.50. The number of aromatic nitrogens is 3. The topological polar surface area (TPSA) is 111 Å². The Morgan fingerprint density at radius 2 is 2.16 bits per heavy atom. The molecule has 0 aliphatic carbocycles. The van der Waals surface area contributed by atoms with Crippen LogP contribution in [0, 0.1) is 17.0 Å². The van der Waals surface area contributed by atoms with E-state index in [9.17, 15) is 14.9 Å². The van der Waals surface area contributed by atoms with Crippen molar-refractivity contribution in [3.8, 4) is 11.3 Å². The van der Waals surface area contributed by atoms with E-state index in [1.54, 1.807) is 12.3 Å². The van der Waals surface area contributed by atoms with Crippen molar-refractivity contribution in [3.63, 3.8) is 0 Å². The zero-order valence-corrected chi connectivity index (χ0v) is 13.5. The highest BCUT2D eigenvalue weighted by Gasteiger charge is 2.18. The maximum absolute atomic E-state index is 11.3. The molecule has 3 rings (SSSR count). The molecule has 0 saturated heterocycles. The number of esters is 1. The van der Waals surface area contributed by atoms with Crippen LogP contribution in [0.25, 0.3) is 28.2 Å². The van der Waals surface area contributed by atoms with Gasteiger partial charge in [-0.05, 0) is 31.2 Å². The SMILES string of the molecule is COC(=O)/C=C/c1cc2c(-c3ccnc(C)c3)n[nH]c2cc1[N+](=O)[O-]. The van der Waals surface area contributed by atoms with Crippen molar-refractivity contribution in [2.45, 2.75) is 6.92 Å². The number of methoxy groups -OCH3 is 1. The number of nitrogens with zero attached hydrogens (tertiary/aromatic N) is 3. The fraction of sp³-hybridized carbons (Fsp3) is 0.118. The van der Waals surface area contributed by atoms with Gasteiger partial charge in [0.15, 0.2) is 0 Å². The summed E-state index contributed by atoms with van der Waals surface area (Å²) in [7, 11) is 1.24. The monoisotopic (exact) mass is 338 g/mol. The van der Waals surface area contributed by atoms with Crippen LogP contribution in [0.15, 0.2) is 36.5 Å². The minimum Gasteiger partial charge on any atom is -0.466 e. The number of fused-ring (bicyclic) bond motifs is 1. The highest BCUT2D eigenvalue weighted by molar-refractivity contribution is 5.97. The maximum atomic E-state index is 11.3. The molecule has 1 aromatic carbocycles. The Morgan fingerprint density at radius 3 is 2.84 bits per heavy atom. The molecule has 8 heteroatoms. The van der Waals surface area contributed by atoms with E-state index in [1.165, 1.54) is 19.3 Å². The number of rotatable bonds is 4. The second-order valence-corrected chi connectivity index (χ2v) is 5.33. The summed E-state index contributed by atoms with van der Waals surface area (Å²) in [6, 6.07) is 6.72. The normalized spacial score (nSPS) is 11.1. The molecule has 0 spiro atoms. The molecule has 2 heterocycles. The molecule has 1 N–H and O–H groups in total. The quantitative estimate of drug-likeness (QED) is 0.339. The summed E-state index contributed by atoms with van der Waals surface area (Å²) in [6.07, 6.45) is 4.18. The predicted molar refractivity (Wildman–Crippen MR) is 91.8 cm³/mol. The molecule has 0 amide bonds. The highest BCUT2D eigenvalue weighted by atomic mass is 16.6. The number of hydrogen-bond donors (Lipinski definition) is 1. The molecular weight excluding hydrogens is 324 g/mol. The Morgan fingerprint density at radius 1 is 1.36 bits per heavy atom. The highest BCUT2D eigenvalue weighted by Crippen LogP contribution is 2.32. The van der Waals surface area contributed by atoms with Gasteiger partial charge in [0.2, 0.25) is 0 Å². The van der Waals surface area contributed by atoms with Crippen molar-refractivity contribution in [2.24, 2.45) is 0 Å². The lowest BCUT2D eigenvalue weighted by molar-refractivity contribution is -0.384. The number of carbonyl (C=O) groups is 1. The molecular formula is C17H14N4O4. The van der Waals surface area contributed by atoms with E-state index in [0.717, 1.165) is 17.3 Å². The number of benzene rings is 1. The summed E-state index contributed by atoms with van der Waals surface area (Å²) in [4.78, 5) is 26.3. The lowest BCUT2D eigenvalue weighted by atomic mass is 10.0. The first-order chi connectivity index (χ1) is 12.0. The van der Waals surface area contributed by atoms with Crippen LogP contribution in [0.2, 0.25) is 0 Å². The third-order valence-corrected chi connectivity index (χ3v) is 3.68. The van der Waals surface area contributed by atoms with Crippen LogP contribution in [0.1, 0.15) is 11.3 Å². The molecule has 8 nitrogen and oxygen atoms in total. The summed E-state index contributed by atoms with van der Waals surface area (Å²) >= 11 is 0. The second kappa shape index (κ2) is 6.52. The van der Waals surface area contributed by atoms with E-state index >= 15 is 0 Å². The Hall–Kier alpha value is -3.55. The minimum atomic E-state index is -0.591. The summed E-state index contributed by atoms with van der Waals surface area (Å²) in [5.41, 5.74) is 3.02. The molecule has 25 heavy (non-hydrogen) atoms. The molecule has 2 aromatic heterocycles. The Labute approximate surface area is 142 Å². The lowest BCUT2D eigenvalue weighted by Crippen LogP contribution is -1.95. The standard InChI is InChI=1S/C17H14N4O4/c1-10-7-12(5-6-18-10)17-13-8-11(3-4-16(22)25-2)15(21(23)24)9-14(13)19-20-17/h3-9H,1-2H3,(H,19,20)/b4-3+. The Balaban J connectivity index is 2.19. The van der Waals surface area contributed by atoms with E-state index in [2.05, 4.69) is 19.9 Å². The van der Waals surface area contributed by atoms with Gasteiger partial charge in [-0.1, -0.05) is 0 Å². The predicted octanol–water partition coefficient (Wildman–Crippen LogP) is 3.03. The van der Waals surface area contributed by atoms with Crippen LogP contribution in [-0.2, 0) is 9.53 Å². The van der Waals surface area contributed by atoms with Crippen molar-refractivity contribution in [3.05, 3.63) is 57.9 Å². The van der Waals surface area contributed by atoms with Gasteiger partial charge in [0, 0.05) is 35.0 Å². The molecule has 0 bridgehead atoms. The molecule has 0 fully saturated rings. The first-order valence-electron chi connectivity index (χ1n) is 7.35. The van der Waals surface area contributed by atoms with Crippen LogP contribution >= 0.6 is 0 Å². The van der Waals surface area contributed by atoms with Gasteiger partial charge >= 0.3 is 5.97 Å². The van der Waals surface area contributed by atoms with Gasteiger partial charge in [-0.3, -0.25) is 20.2 Å². The van der Waals surface area contributed by atoms with Crippen LogP contribution in [0.4, 0.5) is 5.69 Å². The van der Waals surface area contributed by atoms with Crippen molar-refractivity contribution in [2.75, 3.05) is 7.11 Å². The first kappa shape index (κ1) is 16.3. The van der Waals surface area contributed by atoms with Crippen molar-refractivity contribution >= 4 is 28.6 Å². The molecule has 0 saturated carbocycles. The average Bonchev–Trinajstić information content (AvgIpc) is 3.01. The molecule has 3 aromatic rings. The van der Waals surface area contributed by atoms with E-state index in [-0.39, 0.29) is 11.3 Å². The number of nitro groups is 1. The third-order valence-electron chi connectivity index (χ3n) is 3.68. The zero-order valence-electron chi connectivity index (χ0n) is 13.5. The van der Waals surface area contributed by atoms with Crippen LogP contribution < -0.4 is 0 Å². The molecule has 0 aliphatic heterocycles. The number of nitrogens with one attached hydrogen (secondary N) is 1. The molecule has 0 unspecified atom stereocenters. The van der Waals surface area contributed by atoms with Crippen LogP contribution in [-0.4, -0.2) is 33.2 Å². The summed E-state index contributed by atoms with van der Waals surface area (Å²) in [5.74, 6) is -0.591. The van der Waals surface area contributed by atoms with Gasteiger partial charge in [-0.2, -0.15) is 5.10 Å². The number of aromatic amines is 1. The summed E-state index contributed by atoms with van der Waals surface area (Å²) < 4.78 is 4.53. The molecule has 0 aliphatic rings.